The predicted octanol–water partition coefficient (Wildman–Crippen LogP) is 5.64. The molecule has 0 saturated heterocycles. The molecular weight excluding hydrogens is 394 g/mol. The number of thiophene rings is 1. The number of benzene rings is 2. The van der Waals surface area contributed by atoms with E-state index in [2.05, 4.69) is 10.3 Å². The second-order valence-electron chi connectivity index (χ2n) is 5.73. The number of nitrogens with zero attached hydrogens (tertiary/aromatic N) is 1. The van der Waals surface area contributed by atoms with Crippen LogP contribution < -0.4 is 10.1 Å². The highest BCUT2D eigenvalue weighted by Gasteiger charge is 2.16. The van der Waals surface area contributed by atoms with E-state index in [4.69, 9.17) is 16.3 Å². The molecule has 2 aromatic carbocycles. The van der Waals surface area contributed by atoms with Crippen LogP contribution in [0.5, 0.6) is 5.75 Å². The molecule has 0 aliphatic carbocycles. The minimum atomic E-state index is -0.714. The topological polar surface area (TPSA) is 51.2 Å². The Kier molecular flexibility index (Phi) is 4.41. The van der Waals surface area contributed by atoms with Crippen molar-refractivity contribution < 1.29 is 18.3 Å². The molecule has 0 radical (unpaired) electrons. The molecule has 27 heavy (non-hydrogen) atoms. The van der Waals surface area contributed by atoms with Gasteiger partial charge in [-0.05, 0) is 36.4 Å². The third-order valence-electron chi connectivity index (χ3n) is 4.00. The summed E-state index contributed by atoms with van der Waals surface area (Å²) in [5.74, 6) is -1.39. The summed E-state index contributed by atoms with van der Waals surface area (Å²) in [4.78, 5) is 17.9. The first-order valence-electron chi connectivity index (χ1n) is 7.79. The molecule has 0 aliphatic rings. The first-order valence-corrected chi connectivity index (χ1v) is 8.99. The summed E-state index contributed by atoms with van der Waals surface area (Å²) in [6.45, 7) is 0. The summed E-state index contributed by atoms with van der Waals surface area (Å²) in [5, 5.41) is 4.32. The van der Waals surface area contributed by atoms with Crippen molar-refractivity contribution in [2.45, 2.75) is 0 Å². The molecule has 4 rings (SSSR count). The second kappa shape index (κ2) is 6.75. The Labute approximate surface area is 161 Å². The molecule has 136 valence electrons. The van der Waals surface area contributed by atoms with Gasteiger partial charge in [-0.1, -0.05) is 11.6 Å². The van der Waals surface area contributed by atoms with Crippen molar-refractivity contribution in [2.75, 3.05) is 12.4 Å². The van der Waals surface area contributed by atoms with Crippen LogP contribution in [0.4, 0.5) is 14.5 Å². The largest absolute Gasteiger partial charge is 0.495 e. The fourth-order valence-electron chi connectivity index (χ4n) is 2.69. The average Bonchev–Trinajstić information content (AvgIpc) is 3.07. The summed E-state index contributed by atoms with van der Waals surface area (Å²) in [7, 11) is 1.52. The normalized spacial score (nSPS) is 11.1. The van der Waals surface area contributed by atoms with Crippen LogP contribution in [0.15, 0.2) is 42.5 Å². The van der Waals surface area contributed by atoms with Crippen molar-refractivity contribution in [3.8, 4) is 5.75 Å². The molecule has 0 atom stereocenters. The first kappa shape index (κ1) is 17.6. The van der Waals surface area contributed by atoms with E-state index >= 15 is 0 Å². The molecular formula is C19H11ClF2N2O2S. The highest BCUT2D eigenvalue weighted by molar-refractivity contribution is 7.20. The number of fused-ring (bicyclic) bond motifs is 2. The van der Waals surface area contributed by atoms with Gasteiger partial charge in [-0.25, -0.2) is 13.8 Å². The van der Waals surface area contributed by atoms with Crippen molar-refractivity contribution in [1.82, 2.24) is 4.98 Å². The Morgan fingerprint density at radius 1 is 1.15 bits per heavy atom. The van der Waals surface area contributed by atoms with Crippen LogP contribution in [0, 0.1) is 11.6 Å². The van der Waals surface area contributed by atoms with Crippen molar-refractivity contribution in [3.63, 3.8) is 0 Å². The van der Waals surface area contributed by atoms with E-state index in [1.54, 1.807) is 12.1 Å². The molecule has 0 bridgehead atoms. The van der Waals surface area contributed by atoms with E-state index in [9.17, 15) is 13.6 Å². The zero-order valence-electron chi connectivity index (χ0n) is 13.8. The number of pyridine rings is 1. The smallest absolute Gasteiger partial charge is 0.265 e. The molecule has 2 heterocycles. The second-order valence-corrected chi connectivity index (χ2v) is 7.13. The Morgan fingerprint density at radius 3 is 2.74 bits per heavy atom. The Hall–Kier alpha value is -2.77. The lowest BCUT2D eigenvalue weighted by molar-refractivity contribution is 0.103. The zero-order valence-corrected chi connectivity index (χ0v) is 15.4. The number of anilines is 1. The number of amides is 1. The average molecular weight is 405 g/mol. The van der Waals surface area contributed by atoms with Crippen LogP contribution in [0.25, 0.3) is 21.1 Å². The Bertz CT molecular complexity index is 1210. The summed E-state index contributed by atoms with van der Waals surface area (Å²) < 4.78 is 32.2. The molecule has 1 amide bonds. The summed E-state index contributed by atoms with van der Waals surface area (Å²) >= 11 is 7.44. The van der Waals surface area contributed by atoms with E-state index < -0.39 is 17.5 Å². The summed E-state index contributed by atoms with van der Waals surface area (Å²) in [6, 6.07) is 9.95. The minimum Gasteiger partial charge on any atom is -0.495 e. The number of carbonyl (C=O) groups is 1. The summed E-state index contributed by atoms with van der Waals surface area (Å²) in [5.41, 5.74) is 0.344. The van der Waals surface area contributed by atoms with Gasteiger partial charge in [0.1, 0.15) is 27.2 Å². The molecule has 0 saturated carbocycles. The summed E-state index contributed by atoms with van der Waals surface area (Å²) in [6.07, 6.45) is 0. The lowest BCUT2D eigenvalue weighted by Crippen LogP contribution is -2.11. The maximum Gasteiger partial charge on any atom is 0.265 e. The van der Waals surface area contributed by atoms with Gasteiger partial charge in [-0.15, -0.1) is 11.3 Å². The first-order chi connectivity index (χ1) is 13.0. The molecule has 0 fully saturated rings. The molecule has 0 aliphatic heterocycles. The van der Waals surface area contributed by atoms with Crippen LogP contribution in [-0.2, 0) is 0 Å². The van der Waals surface area contributed by atoms with Gasteiger partial charge < -0.3 is 10.1 Å². The number of halogens is 3. The molecule has 0 unspecified atom stereocenters. The molecule has 8 heteroatoms. The fraction of sp³-hybridized carbons (Fsp3) is 0.0526. The Morgan fingerprint density at radius 2 is 1.96 bits per heavy atom. The minimum absolute atomic E-state index is 0.219. The highest BCUT2D eigenvalue weighted by atomic mass is 35.5. The Balaban J connectivity index is 1.74. The van der Waals surface area contributed by atoms with Crippen molar-refractivity contribution >= 4 is 55.7 Å². The number of rotatable bonds is 3. The van der Waals surface area contributed by atoms with Crippen LogP contribution in [0.1, 0.15) is 9.67 Å². The van der Waals surface area contributed by atoms with Crippen LogP contribution in [-0.4, -0.2) is 18.0 Å². The maximum atomic E-state index is 13.7. The fourth-order valence-corrected chi connectivity index (χ4v) is 3.90. The number of aromatic nitrogens is 1. The van der Waals surface area contributed by atoms with Crippen molar-refractivity contribution in [2.24, 2.45) is 0 Å². The van der Waals surface area contributed by atoms with E-state index in [-0.39, 0.29) is 5.69 Å². The zero-order chi connectivity index (χ0) is 19.1. The number of ether oxygens (including phenoxy) is 1. The predicted molar refractivity (Wildman–Crippen MR) is 103 cm³/mol. The lowest BCUT2D eigenvalue weighted by Gasteiger charge is -2.05. The number of hydrogen-bond acceptors (Lipinski definition) is 4. The van der Waals surface area contributed by atoms with E-state index in [0.29, 0.717) is 26.0 Å². The van der Waals surface area contributed by atoms with Crippen LogP contribution in [0.3, 0.4) is 0 Å². The van der Waals surface area contributed by atoms with Gasteiger partial charge in [0, 0.05) is 16.8 Å². The van der Waals surface area contributed by atoms with E-state index in [1.165, 1.54) is 7.11 Å². The van der Waals surface area contributed by atoms with Crippen molar-refractivity contribution in [3.05, 3.63) is 64.0 Å². The highest BCUT2D eigenvalue weighted by Crippen LogP contribution is 2.35. The lowest BCUT2D eigenvalue weighted by atomic mass is 10.2. The van der Waals surface area contributed by atoms with Crippen LogP contribution >= 0.6 is 22.9 Å². The van der Waals surface area contributed by atoms with Crippen molar-refractivity contribution in [1.29, 1.82) is 0 Å². The SMILES string of the molecule is COc1ccc2cc3cc(C(=O)Nc4cc(F)ccc4F)sc3nc2c1Cl. The molecule has 4 nitrogen and oxygen atoms in total. The quantitative estimate of drug-likeness (QED) is 0.480. The van der Waals surface area contributed by atoms with Gasteiger partial charge >= 0.3 is 0 Å². The number of nitrogens with one attached hydrogen (secondary N) is 1. The number of carbonyl (C=O) groups excluding carboxylic acids is 1. The third kappa shape index (κ3) is 3.20. The van der Waals surface area contributed by atoms with Gasteiger partial charge in [0.25, 0.3) is 5.91 Å². The van der Waals surface area contributed by atoms with Gasteiger partial charge in [0.15, 0.2) is 0 Å². The van der Waals surface area contributed by atoms with Gasteiger partial charge in [-0.2, -0.15) is 0 Å². The maximum absolute atomic E-state index is 13.7. The number of hydrogen-bond donors (Lipinski definition) is 1. The molecule has 2 aromatic heterocycles. The molecule has 0 spiro atoms. The van der Waals surface area contributed by atoms with Gasteiger partial charge in [0.2, 0.25) is 0 Å². The molecule has 1 N–H and O–H groups in total. The standard InChI is InChI=1S/C19H11ClF2N2O2S/c1-26-14-5-2-9-6-10-7-15(27-19(10)24-17(9)16(14)20)18(25)23-13-8-11(21)3-4-12(13)22/h2-8H,1H3,(H,23,25). The van der Waals surface area contributed by atoms with E-state index in [0.717, 1.165) is 40.3 Å². The number of methoxy groups -OCH3 is 1. The molecule has 4 aromatic rings. The monoisotopic (exact) mass is 404 g/mol. The van der Waals surface area contributed by atoms with Crippen LogP contribution in [0.2, 0.25) is 5.02 Å². The van der Waals surface area contributed by atoms with Gasteiger partial charge in [-0.3, -0.25) is 4.79 Å². The van der Waals surface area contributed by atoms with E-state index in [1.807, 2.05) is 12.1 Å². The van der Waals surface area contributed by atoms with Gasteiger partial charge in [0.05, 0.1) is 23.2 Å². The third-order valence-corrected chi connectivity index (χ3v) is 5.41.